The van der Waals surface area contributed by atoms with Gasteiger partial charge in [0.25, 0.3) is 0 Å². The first-order valence-corrected chi connectivity index (χ1v) is 8.99. The van der Waals surface area contributed by atoms with Crippen molar-refractivity contribution in [3.8, 4) is 0 Å². The van der Waals surface area contributed by atoms with Crippen LogP contribution >= 0.6 is 0 Å². The van der Waals surface area contributed by atoms with E-state index in [4.69, 9.17) is 18.9 Å². The summed E-state index contributed by atoms with van der Waals surface area (Å²) in [5.41, 5.74) is 0. The maximum Gasteiger partial charge on any atom is 0.163 e. The molecule has 0 aromatic carbocycles. The maximum atomic E-state index is 5.68. The maximum absolute atomic E-state index is 5.68. The molecule has 22 heavy (non-hydrogen) atoms. The summed E-state index contributed by atoms with van der Waals surface area (Å²) in [6.45, 7) is 15.4. The van der Waals surface area contributed by atoms with Crippen LogP contribution < -0.4 is 0 Å². The van der Waals surface area contributed by atoms with Crippen molar-refractivity contribution >= 4 is 0 Å². The Kier molecular flexibility index (Phi) is 8.33. The molecular weight excluding hydrogens is 280 g/mol. The lowest BCUT2D eigenvalue weighted by Gasteiger charge is -2.34. The Morgan fingerprint density at radius 1 is 0.818 bits per heavy atom. The average molecular weight is 316 g/mol. The van der Waals surface area contributed by atoms with Crippen LogP contribution in [0.3, 0.4) is 0 Å². The third-order valence-corrected chi connectivity index (χ3v) is 4.45. The van der Waals surface area contributed by atoms with Gasteiger partial charge in [0, 0.05) is 5.92 Å². The molecule has 0 aromatic rings. The Bertz CT molecular complexity index is 289. The second kappa shape index (κ2) is 9.21. The number of hydrogen-bond acceptors (Lipinski definition) is 4. The van der Waals surface area contributed by atoms with Gasteiger partial charge >= 0.3 is 0 Å². The molecule has 2 heterocycles. The molecule has 0 N–H and O–H groups in total. The van der Waals surface area contributed by atoms with Gasteiger partial charge in [-0.15, -0.1) is 0 Å². The van der Waals surface area contributed by atoms with Crippen LogP contribution in [0.2, 0.25) is 0 Å². The largest absolute Gasteiger partial charge is 0.353 e. The van der Waals surface area contributed by atoms with Crippen molar-refractivity contribution in [2.24, 2.45) is 5.92 Å². The van der Waals surface area contributed by atoms with E-state index in [1.807, 2.05) is 20.8 Å². The average Bonchev–Trinajstić information content (AvgIpc) is 2.82. The summed E-state index contributed by atoms with van der Waals surface area (Å²) in [6, 6.07) is 0. The van der Waals surface area contributed by atoms with Crippen molar-refractivity contribution in [3.05, 3.63) is 0 Å². The van der Waals surface area contributed by atoms with Gasteiger partial charge < -0.3 is 18.9 Å². The van der Waals surface area contributed by atoms with Gasteiger partial charge in [-0.2, -0.15) is 0 Å². The van der Waals surface area contributed by atoms with Gasteiger partial charge in [0.15, 0.2) is 12.1 Å². The van der Waals surface area contributed by atoms with Crippen LogP contribution in [0.15, 0.2) is 0 Å². The first kappa shape index (κ1) is 19.9. The lowest BCUT2D eigenvalue weighted by atomic mass is 9.97. The summed E-state index contributed by atoms with van der Waals surface area (Å²) >= 11 is 0. The van der Waals surface area contributed by atoms with E-state index >= 15 is 0 Å². The van der Waals surface area contributed by atoms with Crippen molar-refractivity contribution in [3.63, 3.8) is 0 Å². The van der Waals surface area contributed by atoms with E-state index in [0.717, 1.165) is 32.3 Å². The molecule has 0 aromatic heterocycles. The minimum atomic E-state index is -0.360. The van der Waals surface area contributed by atoms with Crippen molar-refractivity contribution in [1.82, 2.24) is 0 Å². The fraction of sp³-hybridized carbons (Fsp3) is 1.00. The molecule has 2 fully saturated rings. The van der Waals surface area contributed by atoms with Crippen molar-refractivity contribution in [1.29, 1.82) is 0 Å². The molecule has 5 atom stereocenters. The van der Waals surface area contributed by atoms with Crippen LogP contribution in [0, 0.1) is 5.92 Å². The highest BCUT2D eigenvalue weighted by Gasteiger charge is 2.38. The van der Waals surface area contributed by atoms with Crippen LogP contribution in [0.4, 0.5) is 0 Å². The Labute approximate surface area is 136 Å². The fourth-order valence-corrected chi connectivity index (χ4v) is 3.17. The predicted molar refractivity (Wildman–Crippen MR) is 88.8 cm³/mol. The molecule has 0 saturated carbocycles. The molecule has 0 spiro atoms. The number of ether oxygens (including phenoxy) is 4. The monoisotopic (exact) mass is 316 g/mol. The van der Waals surface area contributed by atoms with Gasteiger partial charge in [0.1, 0.15) is 0 Å². The zero-order valence-corrected chi connectivity index (χ0v) is 15.6. The molecule has 0 bridgehead atoms. The van der Waals surface area contributed by atoms with E-state index < -0.39 is 0 Å². The molecule has 2 aliphatic rings. The summed E-state index contributed by atoms with van der Waals surface area (Å²) in [4.78, 5) is 0. The van der Waals surface area contributed by atoms with E-state index in [9.17, 15) is 0 Å². The van der Waals surface area contributed by atoms with E-state index in [1.165, 1.54) is 0 Å². The molecule has 132 valence electrons. The van der Waals surface area contributed by atoms with Crippen molar-refractivity contribution in [2.45, 2.75) is 105 Å². The van der Waals surface area contributed by atoms with E-state index in [-0.39, 0.29) is 12.1 Å². The third-order valence-electron chi connectivity index (χ3n) is 4.45. The summed E-state index contributed by atoms with van der Waals surface area (Å²) in [7, 11) is 0. The molecule has 2 rings (SSSR count). The zero-order valence-electron chi connectivity index (χ0n) is 15.6. The second-order valence-corrected chi connectivity index (χ2v) is 6.68. The topological polar surface area (TPSA) is 36.9 Å². The summed E-state index contributed by atoms with van der Waals surface area (Å²) in [6.07, 6.45) is 5.37. The van der Waals surface area contributed by atoms with Gasteiger partial charge in [0.2, 0.25) is 0 Å². The lowest BCUT2D eigenvalue weighted by molar-refractivity contribution is -0.228. The van der Waals surface area contributed by atoms with Crippen molar-refractivity contribution < 1.29 is 18.9 Å². The highest BCUT2D eigenvalue weighted by atomic mass is 16.7. The highest BCUT2D eigenvalue weighted by Crippen LogP contribution is 2.31. The number of hydrogen-bond donors (Lipinski definition) is 0. The summed E-state index contributed by atoms with van der Waals surface area (Å²) < 4.78 is 22.4. The van der Waals surface area contributed by atoms with E-state index in [1.54, 1.807) is 0 Å². The molecule has 0 aliphatic carbocycles. The Hall–Kier alpha value is -0.160. The first-order chi connectivity index (χ1) is 10.4. The molecule has 1 unspecified atom stereocenters. The zero-order chi connectivity index (χ0) is 16.8. The molecule has 2 aliphatic heterocycles. The fourth-order valence-electron chi connectivity index (χ4n) is 3.17. The van der Waals surface area contributed by atoms with Crippen LogP contribution in [0.5, 0.6) is 0 Å². The van der Waals surface area contributed by atoms with Gasteiger partial charge in [-0.1, -0.05) is 27.7 Å². The number of rotatable bonds is 4. The quantitative estimate of drug-likeness (QED) is 0.764. The van der Waals surface area contributed by atoms with Crippen LogP contribution in [0.25, 0.3) is 0 Å². The molecule has 2 saturated heterocycles. The van der Waals surface area contributed by atoms with E-state index in [0.29, 0.717) is 24.2 Å². The standard InChI is InChI=1S/2C9H18O2/c1-5-7-8(6-2)11-9(3,4)10-7;1-4-8-6-10-7(3)11-9(8)5-2/h7-8H,5-6H2,1-4H3;7-9H,4-6H2,1-3H3/t7-,8+;7?,8-,9-/m.0/s1. The SMILES string of the molecule is CC[C@@H]1OC(C)(C)O[C@@H]1CC.CC[C@H]1COC(C)O[C@H]1CC. The Morgan fingerprint density at radius 3 is 1.73 bits per heavy atom. The van der Waals surface area contributed by atoms with Gasteiger partial charge in [-0.05, 0) is 46.5 Å². The smallest absolute Gasteiger partial charge is 0.163 e. The highest BCUT2D eigenvalue weighted by molar-refractivity contribution is 4.79. The minimum absolute atomic E-state index is 0.00255. The second-order valence-electron chi connectivity index (χ2n) is 6.68. The van der Waals surface area contributed by atoms with Crippen LogP contribution in [-0.2, 0) is 18.9 Å². The Balaban J connectivity index is 0.000000220. The minimum Gasteiger partial charge on any atom is -0.353 e. The normalized spacial score (nSPS) is 37.5. The van der Waals surface area contributed by atoms with Crippen molar-refractivity contribution in [2.75, 3.05) is 6.61 Å². The lowest BCUT2D eigenvalue weighted by Crippen LogP contribution is -2.37. The molecule has 0 radical (unpaired) electrons. The molecule has 0 amide bonds. The van der Waals surface area contributed by atoms with Gasteiger partial charge in [0.05, 0.1) is 24.9 Å². The molecule has 4 nitrogen and oxygen atoms in total. The molecular formula is C18H36O4. The Morgan fingerprint density at radius 2 is 1.32 bits per heavy atom. The summed E-state index contributed by atoms with van der Waals surface area (Å²) in [5, 5.41) is 0. The van der Waals surface area contributed by atoms with Crippen LogP contribution in [0.1, 0.15) is 74.1 Å². The van der Waals surface area contributed by atoms with E-state index in [2.05, 4.69) is 27.7 Å². The predicted octanol–water partition coefficient (Wildman–Crippen LogP) is 4.51. The third kappa shape index (κ3) is 5.80. The summed E-state index contributed by atoms with van der Waals surface area (Å²) in [5.74, 6) is 0.248. The van der Waals surface area contributed by atoms with Crippen LogP contribution in [-0.4, -0.2) is 37.0 Å². The van der Waals surface area contributed by atoms with Gasteiger partial charge in [-0.3, -0.25) is 0 Å². The first-order valence-electron chi connectivity index (χ1n) is 8.99. The van der Waals surface area contributed by atoms with Gasteiger partial charge in [-0.25, -0.2) is 0 Å². The molecule has 4 heteroatoms.